The standard InChI is InChI=1S/C11H8F2N2O2.ClH/c1-2-17-11(16)9-5-14-8-4-6(12)3-7(13)10(8)15-9;/h3-5H,2H2,1H3;1H. The summed E-state index contributed by atoms with van der Waals surface area (Å²) in [4.78, 5) is 17.7. The van der Waals surface area contributed by atoms with Gasteiger partial charge in [-0.2, -0.15) is 9.37 Å². The van der Waals surface area contributed by atoms with E-state index in [1.807, 2.05) is 0 Å². The van der Waals surface area contributed by atoms with Crippen LogP contribution >= 0.6 is 0 Å². The van der Waals surface area contributed by atoms with Crippen LogP contribution in [0.1, 0.15) is 17.4 Å². The molecule has 0 fully saturated rings. The second-order valence-electron chi connectivity index (χ2n) is 3.30. The topological polar surface area (TPSA) is 53.3 Å². The zero-order valence-electron chi connectivity index (χ0n) is 9.34. The predicted molar refractivity (Wildman–Crippen MR) is 54.2 cm³/mol. The molecule has 4 nitrogen and oxygen atoms in total. The largest absolute Gasteiger partial charge is 1.00 e. The second-order valence-corrected chi connectivity index (χ2v) is 3.30. The molecule has 2 rings (SSSR count). The molecule has 1 N–H and O–H groups in total. The molecule has 0 atom stereocenters. The fourth-order valence-corrected chi connectivity index (χ4v) is 1.40. The minimum atomic E-state index is -0.807. The fraction of sp³-hybridized carbons (Fsp3) is 0.182. The number of nitrogens with one attached hydrogen (secondary N) is 1. The monoisotopic (exact) mass is 274 g/mol. The van der Waals surface area contributed by atoms with Gasteiger partial charge in [-0.25, -0.2) is 14.2 Å². The van der Waals surface area contributed by atoms with E-state index in [-0.39, 0.29) is 35.7 Å². The van der Waals surface area contributed by atoms with Crippen molar-refractivity contribution in [3.05, 3.63) is 35.7 Å². The average Bonchev–Trinajstić information content (AvgIpc) is 2.28. The van der Waals surface area contributed by atoms with Crippen LogP contribution in [0, 0.1) is 11.6 Å². The van der Waals surface area contributed by atoms with Crippen molar-refractivity contribution in [3.8, 4) is 0 Å². The first-order chi connectivity index (χ1) is 8.11. The molecule has 0 spiro atoms. The van der Waals surface area contributed by atoms with E-state index in [1.54, 1.807) is 6.92 Å². The number of hydrogen-bond donors (Lipinski definition) is 0. The average molecular weight is 275 g/mol. The van der Waals surface area contributed by atoms with Crippen molar-refractivity contribution in [2.75, 3.05) is 6.61 Å². The lowest BCUT2D eigenvalue weighted by Crippen LogP contribution is -3.00. The Hall–Kier alpha value is -1.82. The van der Waals surface area contributed by atoms with Crippen molar-refractivity contribution in [2.24, 2.45) is 0 Å². The van der Waals surface area contributed by atoms with Gasteiger partial charge >= 0.3 is 11.7 Å². The van der Waals surface area contributed by atoms with Crippen LogP contribution in [0.2, 0.25) is 0 Å². The lowest BCUT2D eigenvalue weighted by molar-refractivity contribution is -0.353. The Morgan fingerprint density at radius 2 is 2.17 bits per heavy atom. The third-order valence-corrected chi connectivity index (χ3v) is 2.12. The number of H-pyrrole nitrogens is 1. The summed E-state index contributed by atoms with van der Waals surface area (Å²) >= 11 is 0. The van der Waals surface area contributed by atoms with Crippen LogP contribution in [0.5, 0.6) is 0 Å². The third kappa shape index (κ3) is 2.70. The van der Waals surface area contributed by atoms with Gasteiger partial charge in [-0.15, -0.1) is 0 Å². The molecular weight excluding hydrogens is 266 g/mol. The number of aromatic nitrogens is 2. The number of hydrogen-bond acceptors (Lipinski definition) is 3. The number of benzene rings is 1. The van der Waals surface area contributed by atoms with Crippen molar-refractivity contribution in [2.45, 2.75) is 6.92 Å². The van der Waals surface area contributed by atoms with E-state index in [9.17, 15) is 13.6 Å². The van der Waals surface area contributed by atoms with Crippen LogP contribution in [-0.4, -0.2) is 17.6 Å². The van der Waals surface area contributed by atoms with Gasteiger partial charge in [-0.05, 0) is 6.92 Å². The summed E-state index contributed by atoms with van der Waals surface area (Å²) in [7, 11) is 0. The number of ether oxygens (including phenoxy) is 1. The number of carbonyl (C=O) groups is 1. The number of fused-ring (bicyclic) bond motifs is 1. The summed E-state index contributed by atoms with van der Waals surface area (Å²) in [5.41, 5.74) is 0.0948. The quantitative estimate of drug-likeness (QED) is 0.627. The number of rotatable bonds is 2. The molecule has 0 aliphatic rings. The first-order valence-electron chi connectivity index (χ1n) is 4.96. The predicted octanol–water partition coefficient (Wildman–Crippen LogP) is -1.49. The van der Waals surface area contributed by atoms with E-state index < -0.39 is 17.6 Å². The van der Waals surface area contributed by atoms with Crippen molar-refractivity contribution >= 4 is 17.0 Å². The maximum Gasteiger partial charge on any atom is 0.405 e. The van der Waals surface area contributed by atoms with Gasteiger partial charge in [0.2, 0.25) is 0 Å². The molecule has 1 aromatic heterocycles. The third-order valence-electron chi connectivity index (χ3n) is 2.12. The fourth-order valence-electron chi connectivity index (χ4n) is 1.40. The van der Waals surface area contributed by atoms with Crippen molar-refractivity contribution in [1.82, 2.24) is 4.98 Å². The van der Waals surface area contributed by atoms with E-state index in [0.717, 1.165) is 12.1 Å². The number of halogens is 3. The minimum absolute atomic E-state index is 0. The van der Waals surface area contributed by atoms with Crippen LogP contribution in [-0.2, 0) is 4.74 Å². The Kier molecular flexibility index (Phi) is 4.49. The number of esters is 1. The van der Waals surface area contributed by atoms with Crippen LogP contribution in [0.25, 0.3) is 11.0 Å². The highest BCUT2D eigenvalue weighted by molar-refractivity contribution is 5.86. The summed E-state index contributed by atoms with van der Waals surface area (Å²) in [6.07, 6.45) is 1.18. The van der Waals surface area contributed by atoms with Gasteiger partial charge in [-0.3, -0.25) is 0 Å². The number of aromatic amines is 1. The molecule has 2 aromatic rings. The SMILES string of the molecule is CCOC(=O)c1cnc2cc(F)cc(F)c2[nH+]1.[Cl-]. The summed E-state index contributed by atoms with van der Waals surface area (Å²) in [5.74, 6) is -2.16. The minimum Gasteiger partial charge on any atom is -1.00 e. The van der Waals surface area contributed by atoms with Gasteiger partial charge in [0.1, 0.15) is 17.5 Å². The Balaban J connectivity index is 0.00000162. The van der Waals surface area contributed by atoms with Gasteiger partial charge < -0.3 is 17.1 Å². The maximum atomic E-state index is 13.4. The first kappa shape index (κ1) is 14.2. The molecule has 0 aliphatic heterocycles. The first-order valence-corrected chi connectivity index (χ1v) is 4.96. The van der Waals surface area contributed by atoms with E-state index in [2.05, 4.69) is 9.97 Å². The van der Waals surface area contributed by atoms with Gasteiger partial charge in [0.15, 0.2) is 5.82 Å². The van der Waals surface area contributed by atoms with Crippen LogP contribution < -0.4 is 17.4 Å². The van der Waals surface area contributed by atoms with Crippen LogP contribution in [0.4, 0.5) is 8.78 Å². The maximum absolute atomic E-state index is 13.4. The summed E-state index contributed by atoms with van der Waals surface area (Å²) in [5, 5.41) is 0. The van der Waals surface area contributed by atoms with Crippen molar-refractivity contribution < 1.29 is 35.7 Å². The van der Waals surface area contributed by atoms with Gasteiger partial charge in [0.05, 0.1) is 6.61 Å². The van der Waals surface area contributed by atoms with Gasteiger partial charge in [-0.1, -0.05) is 0 Å². The van der Waals surface area contributed by atoms with Gasteiger partial charge in [0, 0.05) is 12.1 Å². The van der Waals surface area contributed by atoms with E-state index >= 15 is 0 Å². The molecule has 96 valence electrons. The second kappa shape index (κ2) is 5.68. The molecule has 0 aliphatic carbocycles. The molecule has 7 heteroatoms. The molecule has 0 saturated carbocycles. The van der Waals surface area contributed by atoms with Crippen LogP contribution in [0.3, 0.4) is 0 Å². The molecule has 0 unspecified atom stereocenters. The molecule has 0 radical (unpaired) electrons. The molecule has 1 aromatic carbocycles. The highest BCUT2D eigenvalue weighted by Crippen LogP contribution is 2.13. The van der Waals surface area contributed by atoms with Gasteiger partial charge in [0.25, 0.3) is 5.52 Å². The number of carbonyl (C=O) groups excluding carboxylic acids is 1. The molecule has 0 saturated heterocycles. The highest BCUT2D eigenvalue weighted by atomic mass is 35.5. The van der Waals surface area contributed by atoms with Crippen molar-refractivity contribution in [3.63, 3.8) is 0 Å². The Bertz CT molecular complexity index is 593. The molecular formula is C11H9ClF2N2O2. The van der Waals surface area contributed by atoms with Crippen molar-refractivity contribution in [1.29, 1.82) is 0 Å². The lowest BCUT2D eigenvalue weighted by Gasteiger charge is -1.98. The van der Waals surface area contributed by atoms with E-state index in [1.165, 1.54) is 6.20 Å². The highest BCUT2D eigenvalue weighted by Gasteiger charge is 2.19. The molecule has 18 heavy (non-hydrogen) atoms. The van der Waals surface area contributed by atoms with E-state index in [4.69, 9.17) is 4.74 Å². The Morgan fingerprint density at radius 1 is 1.44 bits per heavy atom. The summed E-state index contributed by atoms with van der Waals surface area (Å²) < 4.78 is 31.0. The smallest absolute Gasteiger partial charge is 0.405 e. The Labute approximate surface area is 107 Å². The lowest BCUT2D eigenvalue weighted by atomic mass is 10.2. The summed E-state index contributed by atoms with van der Waals surface area (Å²) in [6, 6.07) is 1.79. The normalized spacial score (nSPS) is 9.94. The summed E-state index contributed by atoms with van der Waals surface area (Å²) in [6.45, 7) is 1.86. The zero-order valence-corrected chi connectivity index (χ0v) is 10.1. The molecule has 0 bridgehead atoms. The number of nitrogens with zero attached hydrogens (tertiary/aromatic N) is 1. The zero-order chi connectivity index (χ0) is 12.4. The Morgan fingerprint density at radius 3 is 2.83 bits per heavy atom. The molecule has 1 heterocycles. The van der Waals surface area contributed by atoms with Crippen LogP contribution in [0.15, 0.2) is 18.3 Å². The molecule has 0 amide bonds. The van der Waals surface area contributed by atoms with E-state index in [0.29, 0.717) is 0 Å².